The summed E-state index contributed by atoms with van der Waals surface area (Å²) in [4.78, 5) is 12.4. The Morgan fingerprint density at radius 1 is 1.20 bits per heavy atom. The van der Waals surface area contributed by atoms with Crippen LogP contribution in [0.3, 0.4) is 0 Å². The predicted molar refractivity (Wildman–Crippen MR) is 96.4 cm³/mol. The van der Waals surface area contributed by atoms with Gasteiger partial charge in [0.2, 0.25) is 5.91 Å². The number of amides is 1. The van der Waals surface area contributed by atoms with Crippen LogP contribution in [0.25, 0.3) is 5.69 Å². The normalized spacial score (nSPS) is 12.0. The lowest BCUT2D eigenvalue weighted by atomic mass is 10.2. The summed E-state index contributed by atoms with van der Waals surface area (Å²) in [5, 5.41) is 11.1. The van der Waals surface area contributed by atoms with Gasteiger partial charge in [0.1, 0.15) is 12.1 Å². The molecule has 0 saturated heterocycles. The quantitative estimate of drug-likeness (QED) is 0.706. The Hall–Kier alpha value is -2.67. The van der Waals surface area contributed by atoms with Crippen LogP contribution < -0.4 is 5.32 Å². The van der Waals surface area contributed by atoms with Gasteiger partial charge in [-0.25, -0.2) is 4.39 Å². The van der Waals surface area contributed by atoms with Crippen molar-refractivity contribution in [2.45, 2.75) is 24.3 Å². The molecule has 0 aliphatic carbocycles. The van der Waals surface area contributed by atoms with E-state index in [1.54, 1.807) is 13.3 Å². The zero-order chi connectivity index (χ0) is 17.8. The summed E-state index contributed by atoms with van der Waals surface area (Å²) in [5.74, 6) is -0.525. The number of hydrogen-bond donors (Lipinski definition) is 1. The van der Waals surface area contributed by atoms with Crippen LogP contribution >= 0.6 is 11.8 Å². The summed E-state index contributed by atoms with van der Waals surface area (Å²) >= 11 is 1.31. The molecule has 25 heavy (non-hydrogen) atoms. The number of nitrogens with one attached hydrogen (secondary N) is 1. The zero-order valence-electron chi connectivity index (χ0n) is 13.8. The number of halogens is 1. The van der Waals surface area contributed by atoms with Gasteiger partial charge in [-0.15, -0.1) is 10.2 Å². The Labute approximate surface area is 149 Å². The minimum absolute atomic E-state index is 0.184. The number of thioether (sulfide) groups is 1. The molecule has 7 heteroatoms. The second kappa shape index (κ2) is 7.48. The van der Waals surface area contributed by atoms with Crippen molar-refractivity contribution >= 4 is 23.4 Å². The molecular formula is C18H17FN4OS. The number of anilines is 1. The van der Waals surface area contributed by atoms with Crippen molar-refractivity contribution in [1.82, 2.24) is 14.8 Å². The van der Waals surface area contributed by atoms with Gasteiger partial charge in [-0.3, -0.25) is 9.36 Å². The number of rotatable bonds is 5. The molecular weight excluding hydrogens is 339 g/mol. The van der Waals surface area contributed by atoms with E-state index in [-0.39, 0.29) is 11.7 Å². The highest BCUT2D eigenvalue weighted by Crippen LogP contribution is 2.26. The van der Waals surface area contributed by atoms with Crippen molar-refractivity contribution in [3.05, 3.63) is 66.2 Å². The number of para-hydroxylation sites is 1. The largest absolute Gasteiger partial charge is 0.325 e. The fraction of sp³-hybridized carbons (Fsp3) is 0.167. The molecule has 0 saturated carbocycles. The van der Waals surface area contributed by atoms with E-state index in [0.717, 1.165) is 11.3 Å². The standard InChI is InChI=1S/C18H17FN4OS/c1-12-5-3-4-6-16(12)23-11-20-22-18(23)25-13(2)17(24)21-15-9-7-14(19)8-10-15/h3-11,13H,1-2H3,(H,21,24)/t13-/m1/s1. The lowest BCUT2D eigenvalue weighted by Gasteiger charge is -2.13. The lowest BCUT2D eigenvalue weighted by Crippen LogP contribution is -2.22. The van der Waals surface area contributed by atoms with Gasteiger partial charge in [0.25, 0.3) is 0 Å². The molecule has 1 heterocycles. The highest BCUT2D eigenvalue weighted by atomic mass is 32.2. The van der Waals surface area contributed by atoms with E-state index in [4.69, 9.17) is 0 Å². The molecule has 0 radical (unpaired) electrons. The maximum absolute atomic E-state index is 12.9. The van der Waals surface area contributed by atoms with Gasteiger partial charge < -0.3 is 5.32 Å². The monoisotopic (exact) mass is 356 g/mol. The molecule has 3 aromatic rings. The first kappa shape index (κ1) is 17.2. The fourth-order valence-corrected chi connectivity index (χ4v) is 3.13. The molecule has 0 spiro atoms. The number of carbonyl (C=O) groups excluding carboxylic acids is 1. The Bertz CT molecular complexity index is 879. The van der Waals surface area contributed by atoms with Gasteiger partial charge in [0.15, 0.2) is 5.16 Å². The summed E-state index contributed by atoms with van der Waals surface area (Å²) in [6, 6.07) is 13.6. The zero-order valence-corrected chi connectivity index (χ0v) is 14.6. The number of aryl methyl sites for hydroxylation is 1. The van der Waals surface area contributed by atoms with Crippen LogP contribution in [0.5, 0.6) is 0 Å². The number of nitrogens with zero attached hydrogens (tertiary/aromatic N) is 3. The summed E-state index contributed by atoms with van der Waals surface area (Å²) in [6.45, 7) is 3.80. The van der Waals surface area contributed by atoms with Gasteiger partial charge >= 0.3 is 0 Å². The van der Waals surface area contributed by atoms with E-state index in [1.165, 1.54) is 36.0 Å². The van der Waals surface area contributed by atoms with Crippen molar-refractivity contribution in [3.63, 3.8) is 0 Å². The van der Waals surface area contributed by atoms with Crippen molar-refractivity contribution in [3.8, 4) is 5.69 Å². The van der Waals surface area contributed by atoms with Crippen LogP contribution in [0.4, 0.5) is 10.1 Å². The maximum atomic E-state index is 12.9. The lowest BCUT2D eigenvalue weighted by molar-refractivity contribution is -0.115. The fourth-order valence-electron chi connectivity index (χ4n) is 2.29. The maximum Gasteiger partial charge on any atom is 0.237 e. The third-order valence-corrected chi connectivity index (χ3v) is 4.71. The van der Waals surface area contributed by atoms with Gasteiger partial charge in [-0.05, 0) is 49.7 Å². The Kier molecular flexibility index (Phi) is 5.14. The van der Waals surface area contributed by atoms with E-state index in [9.17, 15) is 9.18 Å². The average molecular weight is 356 g/mol. The molecule has 2 aromatic carbocycles. The second-order valence-electron chi connectivity index (χ2n) is 5.53. The van der Waals surface area contributed by atoms with Crippen LogP contribution in [0.2, 0.25) is 0 Å². The third kappa shape index (κ3) is 4.06. The second-order valence-corrected chi connectivity index (χ2v) is 6.83. The van der Waals surface area contributed by atoms with Crippen LogP contribution in [0.15, 0.2) is 60.0 Å². The summed E-state index contributed by atoms with van der Waals surface area (Å²) < 4.78 is 14.8. The number of hydrogen-bond acceptors (Lipinski definition) is 4. The molecule has 0 aliphatic rings. The Morgan fingerprint density at radius 3 is 2.64 bits per heavy atom. The molecule has 0 fully saturated rings. The SMILES string of the molecule is Cc1ccccc1-n1cnnc1S[C@H](C)C(=O)Nc1ccc(F)cc1. The molecule has 5 nitrogen and oxygen atoms in total. The summed E-state index contributed by atoms with van der Waals surface area (Å²) in [7, 11) is 0. The van der Waals surface area contributed by atoms with E-state index in [0.29, 0.717) is 10.8 Å². The Balaban J connectivity index is 1.72. The molecule has 0 unspecified atom stereocenters. The van der Waals surface area contributed by atoms with Crippen molar-refractivity contribution in [2.24, 2.45) is 0 Å². The predicted octanol–water partition coefficient (Wildman–Crippen LogP) is 3.83. The number of aromatic nitrogens is 3. The van der Waals surface area contributed by atoms with E-state index >= 15 is 0 Å². The number of carbonyl (C=O) groups is 1. The van der Waals surface area contributed by atoms with E-state index in [2.05, 4.69) is 15.5 Å². The average Bonchev–Trinajstić information content (AvgIpc) is 3.05. The molecule has 1 amide bonds. The third-order valence-electron chi connectivity index (χ3n) is 3.65. The molecule has 0 bridgehead atoms. The van der Waals surface area contributed by atoms with Gasteiger partial charge in [0, 0.05) is 5.69 Å². The van der Waals surface area contributed by atoms with Gasteiger partial charge in [-0.1, -0.05) is 30.0 Å². The summed E-state index contributed by atoms with van der Waals surface area (Å²) in [5.41, 5.74) is 2.62. The van der Waals surface area contributed by atoms with Crippen LogP contribution in [-0.4, -0.2) is 25.9 Å². The van der Waals surface area contributed by atoms with Crippen LogP contribution in [-0.2, 0) is 4.79 Å². The van der Waals surface area contributed by atoms with Crippen LogP contribution in [0, 0.1) is 12.7 Å². The topological polar surface area (TPSA) is 59.8 Å². The van der Waals surface area contributed by atoms with E-state index in [1.807, 2.05) is 35.8 Å². The van der Waals surface area contributed by atoms with E-state index < -0.39 is 5.25 Å². The van der Waals surface area contributed by atoms with Crippen molar-refractivity contribution < 1.29 is 9.18 Å². The van der Waals surface area contributed by atoms with Gasteiger partial charge in [-0.2, -0.15) is 0 Å². The molecule has 1 aromatic heterocycles. The highest BCUT2D eigenvalue weighted by molar-refractivity contribution is 8.00. The highest BCUT2D eigenvalue weighted by Gasteiger charge is 2.19. The first-order valence-corrected chi connectivity index (χ1v) is 8.61. The molecule has 1 N–H and O–H groups in total. The molecule has 0 aliphatic heterocycles. The first-order valence-electron chi connectivity index (χ1n) is 7.73. The Morgan fingerprint density at radius 2 is 1.92 bits per heavy atom. The van der Waals surface area contributed by atoms with Crippen LogP contribution in [0.1, 0.15) is 12.5 Å². The first-order chi connectivity index (χ1) is 12.0. The van der Waals surface area contributed by atoms with Crippen molar-refractivity contribution in [2.75, 3.05) is 5.32 Å². The minimum Gasteiger partial charge on any atom is -0.325 e. The summed E-state index contributed by atoms with van der Waals surface area (Å²) in [6.07, 6.45) is 1.63. The van der Waals surface area contributed by atoms with Crippen molar-refractivity contribution in [1.29, 1.82) is 0 Å². The molecule has 128 valence electrons. The number of benzene rings is 2. The molecule has 3 rings (SSSR count). The smallest absolute Gasteiger partial charge is 0.237 e. The van der Waals surface area contributed by atoms with Gasteiger partial charge in [0.05, 0.1) is 10.9 Å². The molecule has 1 atom stereocenters. The minimum atomic E-state index is -0.392.